The summed E-state index contributed by atoms with van der Waals surface area (Å²) in [6.07, 6.45) is 5.45. The second kappa shape index (κ2) is 3.07. The van der Waals surface area contributed by atoms with Crippen LogP contribution >= 0.6 is 11.8 Å². The summed E-state index contributed by atoms with van der Waals surface area (Å²) in [7, 11) is 0. The second-order valence-electron chi connectivity index (χ2n) is 4.28. The van der Waals surface area contributed by atoms with Gasteiger partial charge < -0.3 is 16.4 Å². The molecule has 84 valence electrons. The molecule has 2 heterocycles. The number of fused-ring (bicyclic) bond motifs is 3. The maximum absolute atomic E-state index is 11.7. The lowest BCUT2D eigenvalue weighted by molar-refractivity contribution is -0.116. The smallest absolute Gasteiger partial charge is 0.253 e. The van der Waals surface area contributed by atoms with E-state index in [0.29, 0.717) is 5.57 Å². The van der Waals surface area contributed by atoms with E-state index in [1.807, 2.05) is 23.9 Å². The lowest BCUT2D eigenvalue weighted by atomic mass is 9.81. The number of hydrogen-bond acceptors (Lipinski definition) is 4. The standard InChI is InChI=1S/C11H13N3OS/c1-11-8(13-5-16-11)3-2-7-9(11)6(4-12)10(15)14-7/h2-4,9,13H,5,12H2,1H3,(H,14,15)/b6-4-. The van der Waals surface area contributed by atoms with Crippen molar-refractivity contribution < 1.29 is 4.79 Å². The van der Waals surface area contributed by atoms with Crippen molar-refractivity contribution in [2.75, 3.05) is 5.88 Å². The molecule has 2 aliphatic heterocycles. The first-order chi connectivity index (χ1) is 7.66. The highest BCUT2D eigenvalue weighted by Crippen LogP contribution is 2.51. The molecule has 0 radical (unpaired) electrons. The van der Waals surface area contributed by atoms with Gasteiger partial charge in [0.15, 0.2) is 0 Å². The fourth-order valence-electron chi connectivity index (χ4n) is 2.63. The zero-order chi connectivity index (χ0) is 11.3. The SMILES string of the molecule is CC12SCNC1=CC=C1NC(=O)/C(=C\N)C12. The van der Waals surface area contributed by atoms with Gasteiger partial charge in [-0.2, -0.15) is 0 Å². The number of hydrogen-bond donors (Lipinski definition) is 3. The van der Waals surface area contributed by atoms with Gasteiger partial charge in [-0.25, -0.2) is 0 Å². The van der Waals surface area contributed by atoms with Gasteiger partial charge in [-0.1, -0.05) is 0 Å². The molecule has 4 nitrogen and oxygen atoms in total. The summed E-state index contributed by atoms with van der Waals surface area (Å²) in [5, 5.41) is 6.23. The van der Waals surface area contributed by atoms with Crippen molar-refractivity contribution in [1.29, 1.82) is 0 Å². The molecule has 0 bridgehead atoms. The normalized spacial score (nSPS) is 38.4. The van der Waals surface area contributed by atoms with E-state index in [1.165, 1.54) is 11.9 Å². The van der Waals surface area contributed by atoms with Gasteiger partial charge >= 0.3 is 0 Å². The van der Waals surface area contributed by atoms with Crippen LogP contribution in [-0.2, 0) is 4.79 Å². The molecule has 2 unspecified atom stereocenters. The van der Waals surface area contributed by atoms with Crippen molar-refractivity contribution in [2.45, 2.75) is 11.7 Å². The first-order valence-corrected chi connectivity index (χ1v) is 6.18. The Morgan fingerprint density at radius 3 is 3.19 bits per heavy atom. The highest BCUT2D eigenvalue weighted by atomic mass is 32.2. The Labute approximate surface area is 98.0 Å². The fourth-order valence-corrected chi connectivity index (χ4v) is 3.87. The Morgan fingerprint density at radius 2 is 2.44 bits per heavy atom. The van der Waals surface area contributed by atoms with Crippen molar-refractivity contribution in [2.24, 2.45) is 11.7 Å². The van der Waals surface area contributed by atoms with Gasteiger partial charge in [0.1, 0.15) is 0 Å². The second-order valence-corrected chi connectivity index (χ2v) is 5.71. The Balaban J connectivity index is 2.14. The van der Waals surface area contributed by atoms with Crippen molar-refractivity contribution in [3.8, 4) is 0 Å². The number of amides is 1. The molecule has 2 saturated heterocycles. The Bertz CT molecular complexity index is 466. The van der Waals surface area contributed by atoms with Crippen LogP contribution in [0.3, 0.4) is 0 Å². The number of carbonyl (C=O) groups is 1. The number of nitrogens with one attached hydrogen (secondary N) is 2. The number of thioether (sulfide) groups is 1. The van der Waals surface area contributed by atoms with E-state index >= 15 is 0 Å². The predicted molar refractivity (Wildman–Crippen MR) is 64.1 cm³/mol. The van der Waals surface area contributed by atoms with Gasteiger partial charge in [0.25, 0.3) is 5.91 Å². The third-order valence-corrected chi connectivity index (χ3v) is 4.82. The van der Waals surface area contributed by atoms with E-state index in [9.17, 15) is 4.79 Å². The van der Waals surface area contributed by atoms with Gasteiger partial charge in [-0.05, 0) is 19.1 Å². The highest BCUT2D eigenvalue weighted by molar-refractivity contribution is 8.01. The van der Waals surface area contributed by atoms with Crippen LogP contribution in [0.25, 0.3) is 0 Å². The number of nitrogens with two attached hydrogens (primary N) is 1. The number of allylic oxidation sites excluding steroid dienone is 3. The minimum absolute atomic E-state index is 0.0602. The Morgan fingerprint density at radius 1 is 1.62 bits per heavy atom. The third-order valence-electron chi connectivity index (χ3n) is 3.47. The molecule has 0 aromatic rings. The molecule has 0 saturated carbocycles. The van der Waals surface area contributed by atoms with Gasteiger partial charge in [0, 0.05) is 23.2 Å². The molecular formula is C11H13N3OS. The van der Waals surface area contributed by atoms with Gasteiger partial charge in [0.05, 0.1) is 16.5 Å². The predicted octanol–water partition coefficient (Wildman–Crippen LogP) is 0.409. The zero-order valence-electron chi connectivity index (χ0n) is 8.91. The summed E-state index contributed by atoms with van der Waals surface area (Å²) in [6, 6.07) is 0. The van der Waals surface area contributed by atoms with Crippen LogP contribution in [0, 0.1) is 5.92 Å². The third kappa shape index (κ3) is 1.04. The molecule has 0 spiro atoms. The molecule has 3 rings (SSSR count). The van der Waals surface area contributed by atoms with E-state index in [1.54, 1.807) is 0 Å². The van der Waals surface area contributed by atoms with Crippen LogP contribution in [-0.4, -0.2) is 16.5 Å². The molecule has 16 heavy (non-hydrogen) atoms. The van der Waals surface area contributed by atoms with Crippen LogP contribution in [0.4, 0.5) is 0 Å². The lowest BCUT2D eigenvalue weighted by Gasteiger charge is -2.33. The summed E-state index contributed by atoms with van der Waals surface area (Å²) in [5.74, 6) is 0.874. The van der Waals surface area contributed by atoms with Gasteiger partial charge in [0.2, 0.25) is 0 Å². The van der Waals surface area contributed by atoms with E-state index in [-0.39, 0.29) is 16.6 Å². The average Bonchev–Trinajstić information content (AvgIpc) is 2.77. The first-order valence-electron chi connectivity index (χ1n) is 5.20. The highest BCUT2D eigenvalue weighted by Gasteiger charge is 2.51. The monoisotopic (exact) mass is 235 g/mol. The Hall–Kier alpha value is -1.36. The van der Waals surface area contributed by atoms with E-state index < -0.39 is 0 Å². The number of rotatable bonds is 0. The summed E-state index contributed by atoms with van der Waals surface area (Å²) < 4.78 is -0.0888. The molecule has 1 amide bonds. The Kier molecular flexibility index (Phi) is 1.89. The van der Waals surface area contributed by atoms with Gasteiger partial charge in [-0.3, -0.25) is 4.79 Å². The fraction of sp³-hybridized carbons (Fsp3) is 0.364. The topological polar surface area (TPSA) is 67.1 Å². The summed E-state index contributed by atoms with van der Waals surface area (Å²) in [6.45, 7) is 2.16. The van der Waals surface area contributed by atoms with Gasteiger partial charge in [-0.15, -0.1) is 11.8 Å². The van der Waals surface area contributed by atoms with Crippen LogP contribution < -0.4 is 16.4 Å². The molecule has 3 aliphatic rings. The summed E-state index contributed by atoms with van der Waals surface area (Å²) in [4.78, 5) is 11.7. The molecule has 4 N–H and O–H groups in total. The molecule has 0 aromatic carbocycles. The molecule has 1 aliphatic carbocycles. The van der Waals surface area contributed by atoms with E-state index in [0.717, 1.165) is 11.6 Å². The minimum Gasteiger partial charge on any atom is -0.404 e. The molecule has 5 heteroatoms. The van der Waals surface area contributed by atoms with Crippen LogP contribution in [0.5, 0.6) is 0 Å². The van der Waals surface area contributed by atoms with Crippen molar-refractivity contribution in [1.82, 2.24) is 10.6 Å². The minimum atomic E-state index is -0.0888. The van der Waals surface area contributed by atoms with E-state index in [2.05, 4.69) is 17.6 Å². The first kappa shape index (κ1) is 9.84. The van der Waals surface area contributed by atoms with Crippen molar-refractivity contribution >= 4 is 17.7 Å². The van der Waals surface area contributed by atoms with Crippen LogP contribution in [0.1, 0.15) is 6.92 Å². The quantitative estimate of drug-likeness (QED) is 0.532. The summed E-state index contributed by atoms with van der Waals surface area (Å²) >= 11 is 1.82. The average molecular weight is 235 g/mol. The molecule has 0 aromatic heterocycles. The lowest BCUT2D eigenvalue weighted by Crippen LogP contribution is -2.36. The maximum atomic E-state index is 11.7. The summed E-state index contributed by atoms with van der Waals surface area (Å²) in [5.41, 5.74) is 8.39. The number of carbonyl (C=O) groups excluding carboxylic acids is 1. The maximum Gasteiger partial charge on any atom is 0.253 e. The molecule has 2 atom stereocenters. The molecular weight excluding hydrogens is 222 g/mol. The van der Waals surface area contributed by atoms with Crippen molar-refractivity contribution in [3.05, 3.63) is 35.3 Å². The molecule has 2 fully saturated rings. The van der Waals surface area contributed by atoms with Crippen molar-refractivity contribution in [3.63, 3.8) is 0 Å². The van der Waals surface area contributed by atoms with Crippen LogP contribution in [0.2, 0.25) is 0 Å². The largest absolute Gasteiger partial charge is 0.404 e. The van der Waals surface area contributed by atoms with E-state index in [4.69, 9.17) is 5.73 Å². The van der Waals surface area contributed by atoms with Crippen LogP contribution in [0.15, 0.2) is 35.3 Å². The zero-order valence-corrected chi connectivity index (χ0v) is 9.73.